The first-order valence-electron chi connectivity index (χ1n) is 13.3. The first kappa shape index (κ1) is 24.1. The number of hydrogen-bond donors (Lipinski definition) is 2. The molecule has 0 saturated carbocycles. The summed E-state index contributed by atoms with van der Waals surface area (Å²) in [4.78, 5) is 6.19. The van der Waals surface area contributed by atoms with Crippen LogP contribution < -0.4 is 4.84 Å². The zero-order valence-corrected chi connectivity index (χ0v) is 21.9. The van der Waals surface area contributed by atoms with Gasteiger partial charge in [-0.2, -0.15) is 15.3 Å². The monoisotopic (exact) mass is 530 g/mol. The lowest BCUT2D eigenvalue weighted by molar-refractivity contribution is -0.0929. The van der Waals surface area contributed by atoms with Gasteiger partial charge in [0.2, 0.25) is 11.8 Å². The highest BCUT2D eigenvalue weighted by molar-refractivity contribution is 5.95. The van der Waals surface area contributed by atoms with Crippen LogP contribution in [0.5, 0.6) is 11.8 Å². The van der Waals surface area contributed by atoms with Crippen LogP contribution in [0.4, 0.5) is 0 Å². The topological polar surface area (TPSA) is 116 Å². The standard InChI is InChI=1S/C32H26N4O4/c1-31-13-14-32(40-31,15-17-39-35-19-21(12-16-33)23-7-4-5-9-25(23)35)28-27(31)29(37)36(30(28)38)26-11-10-20(18-34)22-6-2-3-8-24(22)26/h2-11,19,37-38H,12-15,17H2,1H3. The molecule has 2 N–H and O–H groups in total. The Balaban J connectivity index is 1.27. The predicted octanol–water partition coefficient (Wildman–Crippen LogP) is 5.69. The van der Waals surface area contributed by atoms with Crippen molar-refractivity contribution in [2.45, 2.75) is 43.8 Å². The van der Waals surface area contributed by atoms with Crippen molar-refractivity contribution < 1.29 is 19.8 Å². The van der Waals surface area contributed by atoms with Gasteiger partial charge in [-0.05, 0) is 43.5 Å². The summed E-state index contributed by atoms with van der Waals surface area (Å²) < 4.78 is 9.77. The highest BCUT2D eigenvalue weighted by Gasteiger charge is 2.61. The molecule has 2 aliphatic heterocycles. The Labute approximate surface area is 230 Å². The second kappa shape index (κ2) is 8.54. The van der Waals surface area contributed by atoms with E-state index in [0.717, 1.165) is 27.2 Å². The average Bonchev–Trinajstić information content (AvgIpc) is 3.65. The van der Waals surface area contributed by atoms with Crippen LogP contribution in [-0.2, 0) is 22.4 Å². The molecule has 7 rings (SSSR count). The summed E-state index contributed by atoms with van der Waals surface area (Å²) in [7, 11) is 0. The highest BCUT2D eigenvalue weighted by Crippen LogP contribution is 2.65. The molecule has 8 heteroatoms. The van der Waals surface area contributed by atoms with Gasteiger partial charge in [-0.15, -0.1) is 0 Å². The van der Waals surface area contributed by atoms with Crippen molar-refractivity contribution in [3.8, 4) is 29.6 Å². The molecule has 40 heavy (non-hydrogen) atoms. The van der Waals surface area contributed by atoms with Crippen molar-refractivity contribution in [2.75, 3.05) is 6.61 Å². The van der Waals surface area contributed by atoms with E-state index in [0.29, 0.717) is 48.2 Å². The van der Waals surface area contributed by atoms with E-state index < -0.39 is 11.2 Å². The zero-order chi connectivity index (χ0) is 27.6. The van der Waals surface area contributed by atoms with Crippen LogP contribution in [0.15, 0.2) is 66.9 Å². The maximum Gasteiger partial charge on any atom is 0.205 e. The average molecular weight is 531 g/mol. The first-order valence-corrected chi connectivity index (χ1v) is 13.3. The molecular formula is C32H26N4O4. The summed E-state index contributed by atoms with van der Waals surface area (Å²) in [5.74, 6) is -0.113. The molecule has 3 aromatic carbocycles. The summed E-state index contributed by atoms with van der Waals surface area (Å²) >= 11 is 0. The second-order valence-corrected chi connectivity index (χ2v) is 10.8. The fraction of sp³-hybridized carbons (Fsp3) is 0.250. The fourth-order valence-corrected chi connectivity index (χ4v) is 6.77. The van der Waals surface area contributed by atoms with Crippen molar-refractivity contribution in [3.05, 3.63) is 89.1 Å². The Bertz CT molecular complexity index is 1920. The third kappa shape index (κ3) is 3.20. The molecule has 2 unspecified atom stereocenters. The van der Waals surface area contributed by atoms with Crippen LogP contribution >= 0.6 is 0 Å². The molecule has 8 nitrogen and oxygen atoms in total. The molecule has 1 fully saturated rings. The minimum absolute atomic E-state index is 0.0510. The van der Waals surface area contributed by atoms with E-state index >= 15 is 0 Å². The van der Waals surface area contributed by atoms with E-state index in [4.69, 9.17) is 9.57 Å². The Kier molecular flexibility index (Phi) is 5.15. The summed E-state index contributed by atoms with van der Waals surface area (Å²) in [6, 6.07) is 23.2. The Morgan fingerprint density at radius 2 is 1.65 bits per heavy atom. The Morgan fingerprint density at radius 1 is 0.925 bits per heavy atom. The van der Waals surface area contributed by atoms with Gasteiger partial charge in [0.05, 0.1) is 52.1 Å². The van der Waals surface area contributed by atoms with E-state index in [9.17, 15) is 20.7 Å². The molecule has 1 saturated heterocycles. The summed E-state index contributed by atoms with van der Waals surface area (Å²) in [6.45, 7) is 2.25. The third-order valence-corrected chi connectivity index (χ3v) is 8.56. The van der Waals surface area contributed by atoms with E-state index in [-0.39, 0.29) is 18.2 Å². The number of aromatic hydroxyl groups is 2. The maximum absolute atomic E-state index is 11.7. The number of aromatic nitrogens is 2. The normalized spacial score (nSPS) is 21.0. The number of rotatable bonds is 6. The van der Waals surface area contributed by atoms with Crippen molar-refractivity contribution >= 4 is 21.7 Å². The van der Waals surface area contributed by atoms with Gasteiger partial charge < -0.3 is 19.8 Å². The van der Waals surface area contributed by atoms with E-state index in [1.165, 1.54) is 4.57 Å². The largest absolute Gasteiger partial charge is 0.494 e. The number of nitrogens with zero attached hydrogens (tertiary/aromatic N) is 4. The third-order valence-electron chi connectivity index (χ3n) is 8.56. The maximum atomic E-state index is 11.7. The SMILES string of the molecule is CC12CCC(CCOn3cc(CC#N)c4ccccc43)(O1)c1c2c(O)n(-c2ccc(C#N)c3ccccc23)c1O. The van der Waals surface area contributed by atoms with Crippen LogP contribution in [0.3, 0.4) is 0 Å². The van der Waals surface area contributed by atoms with Gasteiger partial charge in [0.25, 0.3) is 0 Å². The molecule has 2 aliphatic rings. The van der Waals surface area contributed by atoms with Crippen molar-refractivity contribution in [3.63, 3.8) is 0 Å². The van der Waals surface area contributed by atoms with Gasteiger partial charge in [-0.3, -0.25) is 4.57 Å². The van der Waals surface area contributed by atoms with E-state index in [1.54, 1.807) is 16.9 Å². The van der Waals surface area contributed by atoms with E-state index in [2.05, 4.69) is 12.1 Å². The van der Waals surface area contributed by atoms with Crippen molar-refractivity contribution in [2.24, 2.45) is 0 Å². The summed E-state index contributed by atoms with van der Waals surface area (Å²) in [5, 5.41) is 44.5. The molecule has 2 atom stereocenters. The lowest BCUT2D eigenvalue weighted by atomic mass is 9.78. The van der Waals surface area contributed by atoms with Gasteiger partial charge in [0.15, 0.2) is 0 Å². The first-order chi connectivity index (χ1) is 19.4. The molecular weight excluding hydrogens is 504 g/mol. The summed E-state index contributed by atoms with van der Waals surface area (Å²) in [5.41, 5.74) is 2.54. The molecule has 5 aromatic rings. The molecule has 198 valence electrons. The number of nitriles is 2. The Hall–Kier alpha value is -4.92. The van der Waals surface area contributed by atoms with Crippen molar-refractivity contribution in [1.29, 1.82) is 10.5 Å². The molecule has 0 aliphatic carbocycles. The second-order valence-electron chi connectivity index (χ2n) is 10.8. The molecule has 0 amide bonds. The molecule has 2 aromatic heterocycles. The molecule has 0 spiro atoms. The fourth-order valence-electron chi connectivity index (χ4n) is 6.77. The van der Waals surface area contributed by atoms with Crippen LogP contribution in [0.25, 0.3) is 27.4 Å². The number of ether oxygens (including phenoxy) is 1. The Morgan fingerprint density at radius 3 is 2.42 bits per heavy atom. The minimum atomic E-state index is -0.822. The van der Waals surface area contributed by atoms with Crippen molar-refractivity contribution in [1.82, 2.24) is 9.30 Å². The molecule has 2 bridgehead atoms. The van der Waals surface area contributed by atoms with Crippen LogP contribution in [0.1, 0.15) is 48.4 Å². The number of benzene rings is 3. The van der Waals surface area contributed by atoms with Crippen LogP contribution in [-0.4, -0.2) is 26.1 Å². The lowest BCUT2D eigenvalue weighted by Crippen LogP contribution is -2.27. The number of fused-ring (bicyclic) bond motifs is 7. The molecule has 0 radical (unpaired) electrons. The predicted molar refractivity (Wildman–Crippen MR) is 148 cm³/mol. The highest BCUT2D eigenvalue weighted by atomic mass is 16.7. The molecule has 4 heterocycles. The van der Waals surface area contributed by atoms with Crippen LogP contribution in [0.2, 0.25) is 0 Å². The lowest BCUT2D eigenvalue weighted by Gasteiger charge is -2.26. The minimum Gasteiger partial charge on any atom is -0.494 e. The van der Waals surface area contributed by atoms with E-state index in [1.807, 2.05) is 61.7 Å². The van der Waals surface area contributed by atoms with Gasteiger partial charge in [0.1, 0.15) is 12.2 Å². The smallest absolute Gasteiger partial charge is 0.205 e. The summed E-state index contributed by atoms with van der Waals surface area (Å²) in [6.07, 6.45) is 3.97. The van der Waals surface area contributed by atoms with Gasteiger partial charge in [-0.1, -0.05) is 42.5 Å². The van der Waals surface area contributed by atoms with Gasteiger partial charge in [-0.25, -0.2) is 0 Å². The number of para-hydroxylation sites is 1. The van der Waals surface area contributed by atoms with Gasteiger partial charge >= 0.3 is 0 Å². The van der Waals surface area contributed by atoms with Gasteiger partial charge in [0, 0.05) is 28.8 Å². The van der Waals surface area contributed by atoms with Crippen LogP contribution in [0, 0.1) is 22.7 Å². The zero-order valence-electron chi connectivity index (χ0n) is 21.9. The quantitative estimate of drug-likeness (QED) is 0.291. The number of hydrogen-bond acceptors (Lipinski definition) is 6.